The lowest BCUT2D eigenvalue weighted by Gasteiger charge is -2.29. The average Bonchev–Trinajstić information content (AvgIpc) is 2.88. The molecule has 1 aliphatic rings. The minimum Gasteiger partial charge on any atom is -0.320 e. The second-order valence-corrected chi connectivity index (χ2v) is 7.00. The van der Waals surface area contributed by atoms with E-state index in [-0.39, 0.29) is 0 Å². The Bertz CT molecular complexity index is 447. The van der Waals surface area contributed by atoms with Crippen molar-refractivity contribution in [1.29, 1.82) is 0 Å². The highest BCUT2D eigenvalue weighted by atomic mass is 35.5. The maximum absolute atomic E-state index is 6.20. The Kier molecular flexibility index (Phi) is 5.51. The van der Waals surface area contributed by atoms with Gasteiger partial charge in [0.25, 0.3) is 0 Å². The molecule has 0 heterocycles. The van der Waals surface area contributed by atoms with Crippen molar-refractivity contribution in [2.45, 2.75) is 58.8 Å². The lowest BCUT2D eigenvalue weighted by Crippen LogP contribution is -2.23. The number of halogens is 1. The molecule has 0 bridgehead atoms. The third kappa shape index (κ3) is 3.77. The molecule has 1 nitrogen and oxygen atoms in total. The Hall–Kier alpha value is -0.530. The van der Waals surface area contributed by atoms with Gasteiger partial charge in [-0.3, -0.25) is 0 Å². The van der Waals surface area contributed by atoms with Gasteiger partial charge >= 0.3 is 0 Å². The number of aryl methyl sites for hydroxylation is 3. The van der Waals surface area contributed by atoms with E-state index in [1.54, 1.807) is 0 Å². The van der Waals surface area contributed by atoms with Crippen LogP contribution in [0.3, 0.4) is 0 Å². The van der Waals surface area contributed by atoms with Crippen molar-refractivity contribution in [3.63, 3.8) is 0 Å². The van der Waals surface area contributed by atoms with E-state index >= 15 is 0 Å². The van der Waals surface area contributed by atoms with E-state index < -0.39 is 0 Å². The van der Waals surface area contributed by atoms with Crippen molar-refractivity contribution in [3.05, 3.63) is 33.8 Å². The third-order valence-electron chi connectivity index (χ3n) is 5.11. The molecule has 0 aromatic heterocycles. The van der Waals surface area contributed by atoms with Crippen LogP contribution in [0.25, 0.3) is 0 Å². The first kappa shape index (κ1) is 15.9. The number of rotatable bonds is 6. The second kappa shape index (κ2) is 6.95. The van der Waals surface area contributed by atoms with Crippen molar-refractivity contribution >= 4 is 11.6 Å². The number of hydrogen-bond acceptors (Lipinski definition) is 1. The first-order valence-electron chi connectivity index (χ1n) is 7.97. The highest BCUT2D eigenvalue weighted by molar-refractivity contribution is 6.31. The standard InChI is InChI=1S/C18H28ClN/c1-14-13-17(19)15(2)12-16(14)6-9-18(10-11-20-3)7-4-5-8-18/h12-13,20H,4-11H2,1-3H3. The molecular formula is C18H28ClN. The third-order valence-corrected chi connectivity index (χ3v) is 5.52. The molecule has 20 heavy (non-hydrogen) atoms. The largest absolute Gasteiger partial charge is 0.320 e. The monoisotopic (exact) mass is 293 g/mol. The number of hydrogen-bond donors (Lipinski definition) is 1. The summed E-state index contributed by atoms with van der Waals surface area (Å²) in [6.07, 6.45) is 9.53. The molecule has 2 rings (SSSR count). The van der Waals surface area contributed by atoms with Crippen LogP contribution in [0.15, 0.2) is 12.1 Å². The van der Waals surface area contributed by atoms with Gasteiger partial charge in [-0.15, -0.1) is 0 Å². The van der Waals surface area contributed by atoms with Gasteiger partial charge in [-0.25, -0.2) is 0 Å². The van der Waals surface area contributed by atoms with Gasteiger partial charge in [-0.1, -0.05) is 30.5 Å². The van der Waals surface area contributed by atoms with Gasteiger partial charge < -0.3 is 5.32 Å². The molecule has 1 aromatic rings. The van der Waals surface area contributed by atoms with Gasteiger partial charge in [-0.2, -0.15) is 0 Å². The van der Waals surface area contributed by atoms with Gasteiger partial charge in [0.2, 0.25) is 0 Å². The van der Waals surface area contributed by atoms with Gasteiger partial charge in [0.15, 0.2) is 0 Å². The molecule has 2 heteroatoms. The van der Waals surface area contributed by atoms with Crippen LogP contribution in [0.4, 0.5) is 0 Å². The molecule has 1 fully saturated rings. The molecule has 0 unspecified atom stereocenters. The zero-order chi connectivity index (χ0) is 14.6. The highest BCUT2D eigenvalue weighted by Gasteiger charge is 2.32. The smallest absolute Gasteiger partial charge is 0.0438 e. The molecule has 1 aromatic carbocycles. The fourth-order valence-electron chi connectivity index (χ4n) is 3.65. The molecule has 0 saturated heterocycles. The van der Waals surface area contributed by atoms with E-state index in [1.807, 2.05) is 0 Å². The van der Waals surface area contributed by atoms with E-state index in [2.05, 4.69) is 38.3 Å². The number of nitrogens with one attached hydrogen (secondary N) is 1. The molecule has 1 aliphatic carbocycles. The Morgan fingerprint density at radius 3 is 2.45 bits per heavy atom. The SMILES string of the molecule is CNCCC1(CCc2cc(C)c(Cl)cc2C)CCCC1. The molecular weight excluding hydrogens is 266 g/mol. The molecule has 0 spiro atoms. The molecule has 0 radical (unpaired) electrons. The van der Waals surface area contributed by atoms with E-state index in [9.17, 15) is 0 Å². The van der Waals surface area contributed by atoms with Crippen LogP contribution in [-0.4, -0.2) is 13.6 Å². The molecule has 1 N–H and O–H groups in total. The van der Waals surface area contributed by atoms with Gasteiger partial charge in [0.1, 0.15) is 0 Å². The summed E-state index contributed by atoms with van der Waals surface area (Å²) in [5.41, 5.74) is 4.64. The summed E-state index contributed by atoms with van der Waals surface area (Å²) in [7, 11) is 2.06. The summed E-state index contributed by atoms with van der Waals surface area (Å²) in [6, 6.07) is 4.42. The first-order valence-corrected chi connectivity index (χ1v) is 8.34. The van der Waals surface area contributed by atoms with Crippen molar-refractivity contribution in [1.82, 2.24) is 5.32 Å². The summed E-state index contributed by atoms with van der Waals surface area (Å²) >= 11 is 6.20. The summed E-state index contributed by atoms with van der Waals surface area (Å²) in [5, 5.41) is 4.23. The van der Waals surface area contributed by atoms with Crippen LogP contribution in [-0.2, 0) is 6.42 Å². The quantitative estimate of drug-likeness (QED) is 0.773. The topological polar surface area (TPSA) is 12.0 Å². The predicted octanol–water partition coefficient (Wildman–Crippen LogP) is 5.06. The van der Waals surface area contributed by atoms with Crippen LogP contribution < -0.4 is 5.32 Å². The van der Waals surface area contributed by atoms with Crippen molar-refractivity contribution in [2.75, 3.05) is 13.6 Å². The van der Waals surface area contributed by atoms with E-state index in [1.165, 1.54) is 61.6 Å². The van der Waals surface area contributed by atoms with Gasteiger partial charge in [0, 0.05) is 5.02 Å². The molecule has 0 atom stereocenters. The summed E-state index contributed by atoms with van der Waals surface area (Å²) in [6.45, 7) is 5.45. The van der Waals surface area contributed by atoms with Gasteiger partial charge in [-0.05, 0) is 87.7 Å². The average molecular weight is 294 g/mol. The number of benzene rings is 1. The normalized spacial score (nSPS) is 17.6. The van der Waals surface area contributed by atoms with Crippen molar-refractivity contribution in [2.24, 2.45) is 5.41 Å². The maximum atomic E-state index is 6.20. The van der Waals surface area contributed by atoms with Gasteiger partial charge in [0.05, 0.1) is 0 Å². The summed E-state index contributed by atoms with van der Waals surface area (Å²) < 4.78 is 0. The van der Waals surface area contributed by atoms with E-state index in [0.717, 1.165) is 11.6 Å². The molecule has 112 valence electrons. The van der Waals surface area contributed by atoms with Crippen LogP contribution >= 0.6 is 11.6 Å². The van der Waals surface area contributed by atoms with Crippen molar-refractivity contribution in [3.8, 4) is 0 Å². The molecule has 0 amide bonds. The molecule has 1 saturated carbocycles. The minimum absolute atomic E-state index is 0.586. The Morgan fingerprint density at radius 2 is 1.80 bits per heavy atom. The van der Waals surface area contributed by atoms with E-state index in [4.69, 9.17) is 11.6 Å². The maximum Gasteiger partial charge on any atom is 0.0438 e. The first-order chi connectivity index (χ1) is 9.56. The summed E-state index contributed by atoms with van der Waals surface area (Å²) in [5.74, 6) is 0. The Balaban J connectivity index is 2.04. The fourth-order valence-corrected chi connectivity index (χ4v) is 3.87. The predicted molar refractivity (Wildman–Crippen MR) is 88.7 cm³/mol. The Labute approximate surface area is 129 Å². The highest BCUT2D eigenvalue weighted by Crippen LogP contribution is 2.44. The fraction of sp³-hybridized carbons (Fsp3) is 0.667. The lowest BCUT2D eigenvalue weighted by atomic mass is 9.77. The second-order valence-electron chi connectivity index (χ2n) is 6.59. The lowest BCUT2D eigenvalue weighted by molar-refractivity contribution is 0.247. The van der Waals surface area contributed by atoms with Crippen LogP contribution in [0.2, 0.25) is 5.02 Å². The Morgan fingerprint density at radius 1 is 1.10 bits per heavy atom. The van der Waals surface area contributed by atoms with E-state index in [0.29, 0.717) is 5.41 Å². The van der Waals surface area contributed by atoms with Crippen molar-refractivity contribution < 1.29 is 0 Å². The van der Waals surface area contributed by atoms with Crippen LogP contribution in [0.1, 0.15) is 55.2 Å². The van der Waals surface area contributed by atoms with Crippen LogP contribution in [0, 0.1) is 19.3 Å². The minimum atomic E-state index is 0.586. The zero-order valence-corrected chi connectivity index (χ0v) is 13.9. The zero-order valence-electron chi connectivity index (χ0n) is 13.2. The van der Waals surface area contributed by atoms with Crippen LogP contribution in [0.5, 0.6) is 0 Å². The molecule has 0 aliphatic heterocycles. The summed E-state index contributed by atoms with van der Waals surface area (Å²) in [4.78, 5) is 0.